The van der Waals surface area contributed by atoms with E-state index < -0.39 is 16.9 Å². The number of nitrogens with one attached hydrogen (secondary N) is 1. The number of hydrogen-bond acceptors (Lipinski definition) is 6. The molecule has 29 heavy (non-hydrogen) atoms. The molecule has 0 saturated heterocycles. The van der Waals surface area contributed by atoms with Crippen LogP contribution < -0.4 is 10.1 Å². The fourth-order valence-corrected chi connectivity index (χ4v) is 4.27. The van der Waals surface area contributed by atoms with Gasteiger partial charge in [-0.15, -0.1) is 0 Å². The molecule has 1 heterocycles. The summed E-state index contributed by atoms with van der Waals surface area (Å²) in [4.78, 5) is 34.0. The average Bonchev–Trinajstić information content (AvgIpc) is 3.16. The number of allylic oxidation sites excluding steroid dienone is 2. The molecule has 148 valence electrons. The van der Waals surface area contributed by atoms with E-state index in [9.17, 15) is 24.8 Å². The standard InChI is InChI=1S/C21H18N2O6/c1-11(24)29-13-7-5-12(6-8-13)19-15-4-2-3-14(15)18-17(23(27)28)10-9-16(21(25)26)20(18)22-19/h2-3,5-10,14-15,19,22H,4H2,1H3,(H,25,26)/t14-,15+,19+/m1/s1. The van der Waals surface area contributed by atoms with Crippen LogP contribution in [-0.2, 0) is 4.79 Å². The van der Waals surface area contributed by atoms with Crippen LogP contribution >= 0.6 is 0 Å². The first-order valence-electron chi connectivity index (χ1n) is 9.13. The minimum atomic E-state index is -1.15. The molecule has 0 saturated carbocycles. The maximum atomic E-state index is 11.8. The average molecular weight is 394 g/mol. The number of hydrogen-bond donors (Lipinski definition) is 2. The van der Waals surface area contributed by atoms with Crippen LogP contribution in [0.1, 0.15) is 46.8 Å². The summed E-state index contributed by atoms with van der Waals surface area (Å²) in [5.74, 6) is -1.40. The van der Waals surface area contributed by atoms with Gasteiger partial charge in [0.2, 0.25) is 0 Å². The number of benzene rings is 2. The summed E-state index contributed by atoms with van der Waals surface area (Å²) < 4.78 is 5.07. The number of anilines is 1. The first kappa shape index (κ1) is 18.7. The third-order valence-electron chi connectivity index (χ3n) is 5.42. The Morgan fingerprint density at radius 2 is 1.93 bits per heavy atom. The Kier molecular flexibility index (Phi) is 4.54. The molecule has 8 nitrogen and oxygen atoms in total. The van der Waals surface area contributed by atoms with Gasteiger partial charge in [0.15, 0.2) is 0 Å². The highest BCUT2D eigenvalue weighted by atomic mass is 16.6. The highest BCUT2D eigenvalue weighted by Crippen LogP contribution is 2.53. The molecule has 2 aromatic carbocycles. The summed E-state index contributed by atoms with van der Waals surface area (Å²) in [7, 11) is 0. The van der Waals surface area contributed by atoms with Gasteiger partial charge < -0.3 is 15.2 Å². The van der Waals surface area contributed by atoms with Gasteiger partial charge in [-0.25, -0.2) is 4.79 Å². The van der Waals surface area contributed by atoms with Crippen molar-refractivity contribution in [2.75, 3.05) is 5.32 Å². The topological polar surface area (TPSA) is 119 Å². The van der Waals surface area contributed by atoms with Gasteiger partial charge in [-0.1, -0.05) is 24.3 Å². The van der Waals surface area contributed by atoms with Crippen molar-refractivity contribution in [2.45, 2.75) is 25.3 Å². The number of carboxylic acid groups (broad SMARTS) is 1. The second-order valence-electron chi connectivity index (χ2n) is 7.12. The first-order chi connectivity index (χ1) is 13.9. The summed E-state index contributed by atoms with van der Waals surface area (Å²) in [5.41, 5.74) is 1.51. The third kappa shape index (κ3) is 3.22. The van der Waals surface area contributed by atoms with Crippen LogP contribution in [0.3, 0.4) is 0 Å². The molecule has 2 aromatic rings. The fraction of sp³-hybridized carbons (Fsp3) is 0.238. The highest BCUT2D eigenvalue weighted by Gasteiger charge is 2.43. The van der Waals surface area contributed by atoms with Crippen LogP contribution in [0.5, 0.6) is 5.75 Å². The zero-order chi connectivity index (χ0) is 20.7. The molecule has 0 bridgehead atoms. The van der Waals surface area contributed by atoms with Gasteiger partial charge >= 0.3 is 11.9 Å². The lowest BCUT2D eigenvalue weighted by molar-refractivity contribution is -0.385. The number of nitro benzene ring substituents is 1. The van der Waals surface area contributed by atoms with E-state index in [0.29, 0.717) is 17.7 Å². The number of rotatable bonds is 4. The van der Waals surface area contributed by atoms with E-state index in [1.807, 2.05) is 24.3 Å². The predicted molar refractivity (Wildman–Crippen MR) is 104 cm³/mol. The quantitative estimate of drug-likeness (QED) is 0.264. The largest absolute Gasteiger partial charge is 0.478 e. The number of aromatic carboxylic acids is 1. The normalized spacial score (nSPS) is 21.6. The van der Waals surface area contributed by atoms with Crippen molar-refractivity contribution >= 4 is 23.3 Å². The molecular weight excluding hydrogens is 376 g/mol. The molecule has 4 rings (SSSR count). The van der Waals surface area contributed by atoms with Crippen molar-refractivity contribution in [2.24, 2.45) is 5.92 Å². The van der Waals surface area contributed by atoms with E-state index in [-0.39, 0.29) is 34.8 Å². The molecule has 0 aromatic heterocycles. The number of nitro groups is 1. The van der Waals surface area contributed by atoms with Crippen LogP contribution in [0.4, 0.5) is 11.4 Å². The Hall–Kier alpha value is -3.68. The van der Waals surface area contributed by atoms with E-state index in [0.717, 1.165) is 5.56 Å². The van der Waals surface area contributed by atoms with Crippen LogP contribution in [0.25, 0.3) is 0 Å². The van der Waals surface area contributed by atoms with Gasteiger partial charge in [0.05, 0.1) is 27.8 Å². The fourth-order valence-electron chi connectivity index (χ4n) is 4.27. The van der Waals surface area contributed by atoms with Crippen LogP contribution in [-0.4, -0.2) is 22.0 Å². The third-order valence-corrected chi connectivity index (χ3v) is 5.42. The number of carbonyl (C=O) groups excluding carboxylic acids is 1. The van der Waals surface area contributed by atoms with Gasteiger partial charge in [-0.05, 0) is 36.1 Å². The number of fused-ring (bicyclic) bond motifs is 3. The summed E-state index contributed by atoms with van der Waals surface area (Å²) in [6.45, 7) is 1.32. The zero-order valence-electron chi connectivity index (χ0n) is 15.5. The Morgan fingerprint density at radius 3 is 2.55 bits per heavy atom. The molecular formula is C21H18N2O6. The van der Waals surface area contributed by atoms with Gasteiger partial charge in [-0.3, -0.25) is 14.9 Å². The monoisotopic (exact) mass is 394 g/mol. The molecule has 0 spiro atoms. The molecule has 0 fully saturated rings. The lowest BCUT2D eigenvalue weighted by Gasteiger charge is -2.37. The smallest absolute Gasteiger partial charge is 0.337 e. The second-order valence-corrected chi connectivity index (χ2v) is 7.12. The first-order valence-corrected chi connectivity index (χ1v) is 9.13. The summed E-state index contributed by atoms with van der Waals surface area (Å²) in [6.07, 6.45) is 4.61. The Balaban J connectivity index is 1.80. The van der Waals surface area contributed by atoms with Crippen molar-refractivity contribution in [3.05, 3.63) is 75.4 Å². The van der Waals surface area contributed by atoms with Gasteiger partial charge in [0.25, 0.3) is 5.69 Å². The van der Waals surface area contributed by atoms with Crippen LogP contribution in [0.2, 0.25) is 0 Å². The SMILES string of the molecule is CC(=O)Oc1ccc([C@@H]2Nc3c(C(=O)O)ccc([N+](=O)[O-])c3[C@@H]3C=CC[C@@H]32)cc1. The van der Waals surface area contributed by atoms with E-state index >= 15 is 0 Å². The molecule has 0 radical (unpaired) electrons. The maximum Gasteiger partial charge on any atom is 0.337 e. The molecule has 0 amide bonds. The van der Waals surface area contributed by atoms with E-state index in [4.69, 9.17) is 4.74 Å². The zero-order valence-corrected chi connectivity index (χ0v) is 15.5. The van der Waals surface area contributed by atoms with Gasteiger partial charge in [0, 0.05) is 18.9 Å². The van der Waals surface area contributed by atoms with Crippen molar-refractivity contribution < 1.29 is 24.4 Å². The highest BCUT2D eigenvalue weighted by molar-refractivity contribution is 5.97. The van der Waals surface area contributed by atoms with Crippen molar-refractivity contribution in [1.29, 1.82) is 0 Å². The summed E-state index contributed by atoms with van der Waals surface area (Å²) >= 11 is 0. The van der Waals surface area contributed by atoms with Crippen molar-refractivity contribution in [3.8, 4) is 5.75 Å². The number of carbonyl (C=O) groups is 2. The van der Waals surface area contributed by atoms with Gasteiger partial charge in [-0.2, -0.15) is 0 Å². The van der Waals surface area contributed by atoms with Crippen molar-refractivity contribution in [3.63, 3.8) is 0 Å². The predicted octanol–water partition coefficient (Wildman–Crippen LogP) is 4.04. The number of nitrogens with zero attached hydrogens (tertiary/aromatic N) is 1. The van der Waals surface area contributed by atoms with E-state index in [1.54, 1.807) is 12.1 Å². The Bertz CT molecular complexity index is 1040. The second kappa shape index (κ2) is 7.05. The van der Waals surface area contributed by atoms with Crippen LogP contribution in [0.15, 0.2) is 48.6 Å². The lowest BCUT2D eigenvalue weighted by Crippen LogP contribution is -2.31. The molecule has 1 aliphatic carbocycles. The number of esters is 1. The van der Waals surface area contributed by atoms with Gasteiger partial charge in [0.1, 0.15) is 5.75 Å². The number of ether oxygens (including phenoxy) is 1. The maximum absolute atomic E-state index is 11.8. The van der Waals surface area contributed by atoms with Crippen molar-refractivity contribution in [1.82, 2.24) is 0 Å². The van der Waals surface area contributed by atoms with E-state index in [1.165, 1.54) is 19.1 Å². The molecule has 8 heteroatoms. The molecule has 2 aliphatic rings. The molecule has 0 unspecified atom stereocenters. The Morgan fingerprint density at radius 1 is 1.21 bits per heavy atom. The lowest BCUT2D eigenvalue weighted by atomic mass is 9.75. The van der Waals surface area contributed by atoms with Crippen LogP contribution in [0, 0.1) is 16.0 Å². The molecule has 2 N–H and O–H groups in total. The number of carboxylic acids is 1. The summed E-state index contributed by atoms with van der Waals surface area (Å²) in [6, 6.07) is 9.28. The van der Waals surface area contributed by atoms with E-state index in [2.05, 4.69) is 5.32 Å². The molecule has 1 aliphatic heterocycles. The minimum absolute atomic E-state index is 0.00446. The summed E-state index contributed by atoms with van der Waals surface area (Å²) in [5, 5.41) is 24.5. The Labute approximate surface area is 166 Å². The molecule has 3 atom stereocenters. The minimum Gasteiger partial charge on any atom is -0.478 e.